The van der Waals surface area contributed by atoms with Crippen molar-refractivity contribution < 1.29 is 0 Å². The maximum atomic E-state index is 5.20. The molecule has 0 aliphatic rings. The van der Waals surface area contributed by atoms with E-state index in [4.69, 9.17) is 11.6 Å². The SMILES string of the molecule is C/C(NN)=C(/N)Br. The van der Waals surface area contributed by atoms with E-state index in [2.05, 4.69) is 21.4 Å². The van der Waals surface area contributed by atoms with E-state index in [0.29, 0.717) is 4.61 Å². The predicted molar refractivity (Wildman–Crippen MR) is 33.1 cm³/mol. The lowest BCUT2D eigenvalue weighted by molar-refractivity contribution is 0.878. The quantitative estimate of drug-likeness (QED) is 0.291. The highest BCUT2D eigenvalue weighted by molar-refractivity contribution is 9.11. The maximum absolute atomic E-state index is 5.20. The van der Waals surface area contributed by atoms with E-state index < -0.39 is 0 Å². The van der Waals surface area contributed by atoms with Gasteiger partial charge in [0.2, 0.25) is 0 Å². The summed E-state index contributed by atoms with van der Waals surface area (Å²) in [6.45, 7) is 1.77. The summed E-state index contributed by atoms with van der Waals surface area (Å²) in [7, 11) is 0. The van der Waals surface area contributed by atoms with Crippen LogP contribution in [0.4, 0.5) is 0 Å². The molecule has 0 aliphatic carbocycles. The summed E-state index contributed by atoms with van der Waals surface area (Å²) in [5, 5.41) is 0. The van der Waals surface area contributed by atoms with Crippen LogP contribution in [-0.2, 0) is 0 Å². The topological polar surface area (TPSA) is 64.1 Å². The second-order valence-electron chi connectivity index (χ2n) is 1.12. The van der Waals surface area contributed by atoms with Gasteiger partial charge in [0.15, 0.2) is 0 Å². The molecule has 0 bridgehead atoms. The van der Waals surface area contributed by atoms with Gasteiger partial charge in [-0.1, -0.05) is 0 Å². The Labute approximate surface area is 50.8 Å². The highest BCUT2D eigenvalue weighted by Crippen LogP contribution is 1.97. The second-order valence-corrected chi connectivity index (χ2v) is 1.97. The van der Waals surface area contributed by atoms with Crippen molar-refractivity contribution >= 4 is 15.9 Å². The molecule has 0 heterocycles. The first-order chi connectivity index (χ1) is 3.18. The minimum atomic E-state index is 0.537. The van der Waals surface area contributed by atoms with E-state index in [1.54, 1.807) is 6.92 Å². The first-order valence-electron chi connectivity index (χ1n) is 1.77. The summed E-state index contributed by atoms with van der Waals surface area (Å²) in [6.07, 6.45) is 0. The van der Waals surface area contributed by atoms with Crippen LogP contribution >= 0.6 is 15.9 Å². The maximum Gasteiger partial charge on any atom is 0.0957 e. The zero-order valence-corrected chi connectivity index (χ0v) is 5.62. The summed E-state index contributed by atoms with van der Waals surface area (Å²) in [5.74, 6) is 4.96. The van der Waals surface area contributed by atoms with E-state index >= 15 is 0 Å². The van der Waals surface area contributed by atoms with Gasteiger partial charge in [0.25, 0.3) is 0 Å². The molecule has 4 heteroatoms. The fourth-order valence-electron chi connectivity index (χ4n) is 0.0689. The fourth-order valence-corrected chi connectivity index (χ4v) is 0.183. The van der Waals surface area contributed by atoms with Crippen molar-refractivity contribution in [3.63, 3.8) is 0 Å². The first-order valence-corrected chi connectivity index (χ1v) is 2.56. The standard InChI is InChI=1S/C3H8BrN3/c1-2(7-6)3(4)5/h7H,5-6H2,1H3/b3-2-. The molecule has 42 valence electrons. The first kappa shape index (κ1) is 6.78. The van der Waals surface area contributed by atoms with Crippen LogP contribution in [-0.4, -0.2) is 0 Å². The van der Waals surface area contributed by atoms with E-state index in [1.165, 1.54) is 0 Å². The van der Waals surface area contributed by atoms with Gasteiger partial charge >= 0.3 is 0 Å². The zero-order chi connectivity index (χ0) is 5.86. The molecule has 0 amide bonds. The Morgan fingerprint density at radius 2 is 2.14 bits per heavy atom. The number of rotatable bonds is 1. The molecule has 0 saturated heterocycles. The Kier molecular flexibility index (Phi) is 2.78. The smallest absolute Gasteiger partial charge is 0.0957 e. The van der Waals surface area contributed by atoms with Gasteiger partial charge in [-0.3, -0.25) is 5.84 Å². The molecule has 0 atom stereocenters. The highest BCUT2D eigenvalue weighted by Gasteiger charge is 1.84. The van der Waals surface area contributed by atoms with Gasteiger partial charge in [-0.15, -0.1) is 0 Å². The molecular formula is C3H8BrN3. The Morgan fingerprint density at radius 1 is 1.71 bits per heavy atom. The molecule has 0 aromatic rings. The molecule has 0 radical (unpaired) electrons. The average molecular weight is 166 g/mol. The molecular weight excluding hydrogens is 158 g/mol. The average Bonchev–Trinajstić information content (AvgIpc) is 1.65. The number of hydrazine groups is 1. The molecule has 0 saturated carbocycles. The van der Waals surface area contributed by atoms with Gasteiger partial charge in [0.05, 0.1) is 10.3 Å². The predicted octanol–water partition coefficient (Wildman–Crippen LogP) is -0.00770. The van der Waals surface area contributed by atoms with Crippen molar-refractivity contribution in [1.29, 1.82) is 0 Å². The van der Waals surface area contributed by atoms with E-state index in [1.807, 2.05) is 0 Å². The zero-order valence-electron chi connectivity index (χ0n) is 4.03. The third-order valence-electron chi connectivity index (χ3n) is 0.575. The highest BCUT2D eigenvalue weighted by atomic mass is 79.9. The van der Waals surface area contributed by atoms with Crippen molar-refractivity contribution in [2.75, 3.05) is 0 Å². The largest absolute Gasteiger partial charge is 0.392 e. The lowest BCUT2D eigenvalue weighted by Crippen LogP contribution is -2.21. The molecule has 0 spiro atoms. The lowest BCUT2D eigenvalue weighted by Gasteiger charge is -1.96. The Balaban J connectivity index is 3.72. The Morgan fingerprint density at radius 3 is 2.14 bits per heavy atom. The number of nitrogens with two attached hydrogens (primary N) is 2. The van der Waals surface area contributed by atoms with Crippen molar-refractivity contribution in [3.8, 4) is 0 Å². The van der Waals surface area contributed by atoms with Crippen LogP contribution in [0, 0.1) is 0 Å². The molecule has 0 aromatic carbocycles. The van der Waals surface area contributed by atoms with Crippen molar-refractivity contribution in [2.45, 2.75) is 6.92 Å². The molecule has 0 unspecified atom stereocenters. The summed E-state index contributed by atoms with van der Waals surface area (Å²) < 4.78 is 0.537. The second kappa shape index (κ2) is 2.87. The molecule has 0 aromatic heterocycles. The number of hydrogen-bond donors (Lipinski definition) is 3. The van der Waals surface area contributed by atoms with Gasteiger partial charge in [0.1, 0.15) is 0 Å². The monoisotopic (exact) mass is 165 g/mol. The molecule has 0 rings (SSSR count). The lowest BCUT2D eigenvalue weighted by atomic mass is 10.6. The van der Waals surface area contributed by atoms with Gasteiger partial charge in [-0.2, -0.15) is 0 Å². The number of hydrogen-bond acceptors (Lipinski definition) is 3. The fraction of sp³-hybridized carbons (Fsp3) is 0.333. The van der Waals surface area contributed by atoms with Crippen LogP contribution in [0.2, 0.25) is 0 Å². The van der Waals surface area contributed by atoms with E-state index in [-0.39, 0.29) is 0 Å². The van der Waals surface area contributed by atoms with E-state index in [0.717, 1.165) is 5.70 Å². The van der Waals surface area contributed by atoms with Gasteiger partial charge in [-0.05, 0) is 22.9 Å². The third kappa shape index (κ3) is 2.47. The molecule has 7 heavy (non-hydrogen) atoms. The number of nitrogens with one attached hydrogen (secondary N) is 1. The number of halogens is 1. The molecule has 3 nitrogen and oxygen atoms in total. The van der Waals surface area contributed by atoms with Crippen molar-refractivity contribution in [2.24, 2.45) is 11.6 Å². The third-order valence-corrected chi connectivity index (χ3v) is 1.17. The molecule has 0 fully saturated rings. The van der Waals surface area contributed by atoms with E-state index in [9.17, 15) is 0 Å². The van der Waals surface area contributed by atoms with Gasteiger partial charge < -0.3 is 11.2 Å². The summed E-state index contributed by atoms with van der Waals surface area (Å²) in [6, 6.07) is 0. The van der Waals surface area contributed by atoms with Crippen LogP contribution in [0.5, 0.6) is 0 Å². The van der Waals surface area contributed by atoms with Crippen LogP contribution in [0.25, 0.3) is 0 Å². The minimum absolute atomic E-state index is 0.537. The normalized spacial score (nSPS) is 13.0. The number of allylic oxidation sites excluding steroid dienone is 1. The molecule has 0 aliphatic heterocycles. The van der Waals surface area contributed by atoms with Crippen molar-refractivity contribution in [1.82, 2.24) is 5.43 Å². The summed E-state index contributed by atoms with van der Waals surface area (Å²) in [4.78, 5) is 0. The van der Waals surface area contributed by atoms with Crippen molar-refractivity contribution in [3.05, 3.63) is 10.3 Å². The van der Waals surface area contributed by atoms with Crippen LogP contribution in [0.15, 0.2) is 10.3 Å². The summed E-state index contributed by atoms with van der Waals surface area (Å²) >= 11 is 3.01. The molecule has 5 N–H and O–H groups in total. The van der Waals surface area contributed by atoms with Crippen LogP contribution in [0.3, 0.4) is 0 Å². The Bertz CT molecular complexity index is 84.2. The van der Waals surface area contributed by atoms with Gasteiger partial charge in [0, 0.05) is 0 Å². The van der Waals surface area contributed by atoms with Gasteiger partial charge in [-0.25, -0.2) is 0 Å². The Hall–Kier alpha value is -0.220. The van der Waals surface area contributed by atoms with Crippen LogP contribution < -0.4 is 17.0 Å². The summed E-state index contributed by atoms with van der Waals surface area (Å²) in [5.41, 5.74) is 8.31. The minimum Gasteiger partial charge on any atom is -0.392 e. The van der Waals surface area contributed by atoms with Crippen LogP contribution in [0.1, 0.15) is 6.92 Å².